The van der Waals surface area contributed by atoms with E-state index in [-0.39, 0.29) is 5.91 Å². The lowest BCUT2D eigenvalue weighted by atomic mass is 10.1. The summed E-state index contributed by atoms with van der Waals surface area (Å²) in [6.07, 6.45) is 3.75. The Balaban J connectivity index is 1.91. The summed E-state index contributed by atoms with van der Waals surface area (Å²) < 4.78 is 0.939. The van der Waals surface area contributed by atoms with Crippen molar-refractivity contribution in [3.05, 3.63) is 28.2 Å². The van der Waals surface area contributed by atoms with E-state index in [1.807, 2.05) is 12.1 Å². The van der Waals surface area contributed by atoms with Crippen molar-refractivity contribution in [1.29, 1.82) is 0 Å². The first kappa shape index (κ1) is 13.9. The van der Waals surface area contributed by atoms with Crippen LogP contribution in [0.3, 0.4) is 0 Å². The van der Waals surface area contributed by atoms with Crippen LogP contribution < -0.4 is 5.32 Å². The van der Waals surface area contributed by atoms with Gasteiger partial charge in [-0.25, -0.2) is 0 Å². The van der Waals surface area contributed by atoms with Gasteiger partial charge in [0.25, 0.3) is 5.91 Å². The first-order valence-corrected chi connectivity index (χ1v) is 7.57. The Labute approximate surface area is 122 Å². The number of amides is 1. The van der Waals surface area contributed by atoms with E-state index in [0.29, 0.717) is 16.4 Å². The molecule has 1 aromatic rings. The summed E-state index contributed by atoms with van der Waals surface area (Å²) in [5.41, 5.74) is 0.646. The van der Waals surface area contributed by atoms with Gasteiger partial charge in [-0.1, -0.05) is 29.3 Å². The van der Waals surface area contributed by atoms with Crippen molar-refractivity contribution in [3.8, 4) is 0 Å². The number of carbonyl (C=O) groups excluding carboxylic acids is 1. The van der Waals surface area contributed by atoms with Crippen molar-refractivity contribution in [2.75, 3.05) is 6.54 Å². The van der Waals surface area contributed by atoms with E-state index in [0.717, 1.165) is 16.9 Å². The van der Waals surface area contributed by atoms with Gasteiger partial charge < -0.3 is 5.32 Å². The smallest absolute Gasteiger partial charge is 0.252 e. The van der Waals surface area contributed by atoms with Crippen LogP contribution in [0.2, 0.25) is 0 Å². The van der Waals surface area contributed by atoms with Gasteiger partial charge in [0.15, 0.2) is 0 Å². The van der Waals surface area contributed by atoms with E-state index in [1.54, 1.807) is 6.07 Å². The Kier molecular flexibility index (Phi) is 4.73. The highest BCUT2D eigenvalue weighted by Gasteiger charge is 2.22. The summed E-state index contributed by atoms with van der Waals surface area (Å²) in [4.78, 5) is 12.7. The first-order chi connectivity index (χ1) is 8.56. The van der Waals surface area contributed by atoms with Gasteiger partial charge in [-0.05, 0) is 42.9 Å². The van der Waals surface area contributed by atoms with Gasteiger partial charge in [0, 0.05) is 15.9 Å². The minimum absolute atomic E-state index is 0.0212. The van der Waals surface area contributed by atoms with Crippen molar-refractivity contribution in [2.24, 2.45) is 11.8 Å². The molecule has 0 aliphatic heterocycles. The molecule has 0 bridgehead atoms. The molecule has 0 heterocycles. The molecule has 1 aliphatic rings. The molecular formula is C14H18BrNOS. The van der Waals surface area contributed by atoms with Crippen LogP contribution in [-0.2, 0) is 0 Å². The van der Waals surface area contributed by atoms with Crippen LogP contribution in [0.4, 0.5) is 0 Å². The van der Waals surface area contributed by atoms with Gasteiger partial charge in [-0.15, -0.1) is 12.6 Å². The zero-order valence-corrected chi connectivity index (χ0v) is 12.9. The zero-order valence-electron chi connectivity index (χ0n) is 10.4. The number of nitrogens with one attached hydrogen (secondary N) is 1. The molecule has 1 N–H and O–H groups in total. The number of hydrogen-bond donors (Lipinski definition) is 2. The summed E-state index contributed by atoms with van der Waals surface area (Å²) in [6, 6.07) is 5.51. The second-order valence-electron chi connectivity index (χ2n) is 5.16. The molecule has 0 spiro atoms. The van der Waals surface area contributed by atoms with E-state index in [1.165, 1.54) is 19.3 Å². The van der Waals surface area contributed by atoms with E-state index in [2.05, 4.69) is 40.8 Å². The van der Waals surface area contributed by atoms with Gasteiger partial charge in [-0.3, -0.25) is 4.79 Å². The van der Waals surface area contributed by atoms with Gasteiger partial charge in [-0.2, -0.15) is 0 Å². The van der Waals surface area contributed by atoms with E-state index < -0.39 is 0 Å². The Morgan fingerprint density at radius 1 is 1.50 bits per heavy atom. The van der Waals surface area contributed by atoms with Gasteiger partial charge in [0.05, 0.1) is 5.56 Å². The largest absolute Gasteiger partial charge is 0.352 e. The van der Waals surface area contributed by atoms with Gasteiger partial charge >= 0.3 is 0 Å². The Hall–Kier alpha value is -0.480. The molecule has 98 valence electrons. The minimum Gasteiger partial charge on any atom is -0.352 e. The molecule has 2 atom stereocenters. The maximum atomic E-state index is 12.0. The molecule has 1 amide bonds. The average Bonchev–Trinajstić information content (AvgIpc) is 2.72. The number of benzene rings is 1. The van der Waals surface area contributed by atoms with Gasteiger partial charge in [0.2, 0.25) is 0 Å². The van der Waals surface area contributed by atoms with Gasteiger partial charge in [0.1, 0.15) is 0 Å². The average molecular weight is 328 g/mol. The number of thiol groups is 1. The van der Waals surface area contributed by atoms with E-state index >= 15 is 0 Å². The molecule has 2 nitrogen and oxygen atoms in total. The zero-order chi connectivity index (χ0) is 13.1. The Morgan fingerprint density at radius 2 is 2.28 bits per heavy atom. The molecule has 0 radical (unpaired) electrons. The second-order valence-corrected chi connectivity index (χ2v) is 6.55. The van der Waals surface area contributed by atoms with Crippen LogP contribution in [0.15, 0.2) is 27.6 Å². The highest BCUT2D eigenvalue weighted by atomic mass is 79.9. The molecule has 18 heavy (non-hydrogen) atoms. The summed E-state index contributed by atoms with van der Waals surface area (Å²) in [5.74, 6) is 1.43. The predicted molar refractivity (Wildman–Crippen MR) is 80.2 cm³/mol. The van der Waals surface area contributed by atoms with Crippen LogP contribution in [0.25, 0.3) is 0 Å². The predicted octanol–water partition coefficient (Wildman–Crippen LogP) is 3.90. The lowest BCUT2D eigenvalue weighted by molar-refractivity contribution is 0.0944. The van der Waals surface area contributed by atoms with Crippen LogP contribution in [0.5, 0.6) is 0 Å². The molecule has 1 fully saturated rings. The third-order valence-corrected chi connectivity index (χ3v) is 4.42. The summed E-state index contributed by atoms with van der Waals surface area (Å²) in [5, 5.41) is 3.02. The van der Waals surface area contributed by atoms with Crippen molar-refractivity contribution in [1.82, 2.24) is 5.32 Å². The fraction of sp³-hybridized carbons (Fsp3) is 0.500. The first-order valence-electron chi connectivity index (χ1n) is 6.33. The topological polar surface area (TPSA) is 29.1 Å². The Morgan fingerprint density at radius 3 is 2.89 bits per heavy atom. The lowest BCUT2D eigenvalue weighted by Gasteiger charge is -2.12. The van der Waals surface area contributed by atoms with Crippen molar-refractivity contribution >= 4 is 34.5 Å². The summed E-state index contributed by atoms with van der Waals surface area (Å²) >= 11 is 7.70. The third kappa shape index (κ3) is 3.51. The summed E-state index contributed by atoms with van der Waals surface area (Å²) in [7, 11) is 0. The minimum atomic E-state index is -0.0212. The number of halogens is 1. The van der Waals surface area contributed by atoms with Crippen molar-refractivity contribution in [2.45, 2.75) is 31.1 Å². The molecule has 0 aromatic heterocycles. The fourth-order valence-corrected chi connectivity index (χ4v) is 3.39. The summed E-state index contributed by atoms with van der Waals surface area (Å²) in [6.45, 7) is 3.06. The normalized spacial score (nSPS) is 23.1. The standard InChI is InChI=1S/C14H18BrNOS/c1-9-2-3-10(6-9)8-16-14(17)12-5-4-11(15)7-13(12)18/h4-5,7,9-10,18H,2-3,6,8H2,1H3,(H,16,17). The molecule has 2 rings (SSSR count). The number of rotatable bonds is 3. The maximum absolute atomic E-state index is 12.0. The van der Waals surface area contributed by atoms with Crippen LogP contribution in [0.1, 0.15) is 36.5 Å². The van der Waals surface area contributed by atoms with Crippen LogP contribution in [0, 0.1) is 11.8 Å². The quantitative estimate of drug-likeness (QED) is 0.810. The second kappa shape index (κ2) is 6.11. The fourth-order valence-electron chi connectivity index (χ4n) is 2.54. The molecule has 1 aliphatic carbocycles. The van der Waals surface area contributed by atoms with E-state index in [9.17, 15) is 4.79 Å². The lowest BCUT2D eigenvalue weighted by Crippen LogP contribution is -2.28. The molecule has 4 heteroatoms. The van der Waals surface area contributed by atoms with Crippen LogP contribution in [-0.4, -0.2) is 12.5 Å². The molecule has 0 saturated heterocycles. The highest BCUT2D eigenvalue weighted by Crippen LogP contribution is 2.29. The molecule has 1 aromatic carbocycles. The highest BCUT2D eigenvalue weighted by molar-refractivity contribution is 9.10. The monoisotopic (exact) mass is 327 g/mol. The molecule has 2 unspecified atom stereocenters. The number of hydrogen-bond acceptors (Lipinski definition) is 2. The molecule has 1 saturated carbocycles. The van der Waals surface area contributed by atoms with Crippen LogP contribution >= 0.6 is 28.6 Å². The maximum Gasteiger partial charge on any atom is 0.252 e. The third-order valence-electron chi connectivity index (χ3n) is 3.56. The van der Waals surface area contributed by atoms with Crippen molar-refractivity contribution in [3.63, 3.8) is 0 Å². The SMILES string of the molecule is CC1CCC(CNC(=O)c2ccc(Br)cc2S)C1. The van der Waals surface area contributed by atoms with Crippen molar-refractivity contribution < 1.29 is 4.79 Å². The molecular weight excluding hydrogens is 310 g/mol. The number of carbonyl (C=O) groups is 1. The Bertz CT molecular complexity index is 449. The van der Waals surface area contributed by atoms with E-state index in [4.69, 9.17) is 0 Å².